The van der Waals surface area contributed by atoms with E-state index in [-0.39, 0.29) is 5.56 Å². The van der Waals surface area contributed by atoms with Gasteiger partial charge in [0, 0.05) is 25.0 Å². The SMILES string of the molecule is CCc1cn(Cc2ccn(C)n2)c(=O)[nH]c1=O. The van der Waals surface area contributed by atoms with Gasteiger partial charge >= 0.3 is 5.69 Å². The molecule has 90 valence electrons. The van der Waals surface area contributed by atoms with Crippen molar-refractivity contribution in [2.75, 3.05) is 0 Å². The van der Waals surface area contributed by atoms with Crippen molar-refractivity contribution < 1.29 is 0 Å². The van der Waals surface area contributed by atoms with Crippen molar-refractivity contribution in [1.29, 1.82) is 0 Å². The Morgan fingerprint density at radius 2 is 2.18 bits per heavy atom. The first-order valence-electron chi connectivity index (χ1n) is 5.41. The zero-order chi connectivity index (χ0) is 12.4. The minimum Gasteiger partial charge on any atom is -0.294 e. The smallest absolute Gasteiger partial charge is 0.294 e. The van der Waals surface area contributed by atoms with Crippen molar-refractivity contribution in [3.05, 3.63) is 50.6 Å². The van der Waals surface area contributed by atoms with E-state index in [1.807, 2.05) is 26.2 Å². The second-order valence-corrected chi connectivity index (χ2v) is 3.88. The lowest BCUT2D eigenvalue weighted by Gasteiger charge is -2.04. The third-order valence-electron chi connectivity index (χ3n) is 2.57. The summed E-state index contributed by atoms with van der Waals surface area (Å²) in [6.45, 7) is 2.24. The quantitative estimate of drug-likeness (QED) is 0.804. The van der Waals surface area contributed by atoms with Crippen LogP contribution in [0.15, 0.2) is 28.0 Å². The Hall–Kier alpha value is -2.11. The number of aromatic amines is 1. The maximum absolute atomic E-state index is 11.6. The van der Waals surface area contributed by atoms with E-state index in [1.54, 1.807) is 10.9 Å². The lowest BCUT2D eigenvalue weighted by Crippen LogP contribution is -2.31. The van der Waals surface area contributed by atoms with Crippen LogP contribution in [0.3, 0.4) is 0 Å². The number of H-pyrrole nitrogens is 1. The van der Waals surface area contributed by atoms with E-state index >= 15 is 0 Å². The van der Waals surface area contributed by atoms with E-state index in [1.165, 1.54) is 4.57 Å². The topological polar surface area (TPSA) is 72.7 Å². The molecule has 0 spiro atoms. The predicted molar refractivity (Wildman–Crippen MR) is 63.0 cm³/mol. The van der Waals surface area contributed by atoms with Crippen LogP contribution in [0.2, 0.25) is 0 Å². The highest BCUT2D eigenvalue weighted by atomic mass is 16.2. The van der Waals surface area contributed by atoms with E-state index in [9.17, 15) is 9.59 Å². The summed E-state index contributed by atoms with van der Waals surface area (Å²) in [5, 5.41) is 4.19. The van der Waals surface area contributed by atoms with Gasteiger partial charge in [-0.2, -0.15) is 5.10 Å². The highest BCUT2D eigenvalue weighted by Crippen LogP contribution is 1.97. The van der Waals surface area contributed by atoms with E-state index in [4.69, 9.17) is 0 Å². The normalized spacial score (nSPS) is 10.7. The molecule has 0 saturated carbocycles. The highest BCUT2D eigenvalue weighted by Gasteiger charge is 2.05. The van der Waals surface area contributed by atoms with Gasteiger partial charge in [0.15, 0.2) is 0 Å². The molecule has 0 amide bonds. The average molecular weight is 234 g/mol. The van der Waals surface area contributed by atoms with Crippen LogP contribution in [0, 0.1) is 0 Å². The van der Waals surface area contributed by atoms with Crippen molar-refractivity contribution in [3.8, 4) is 0 Å². The second kappa shape index (κ2) is 4.40. The molecule has 0 aromatic carbocycles. The van der Waals surface area contributed by atoms with Gasteiger partial charge in [0.2, 0.25) is 0 Å². The molecule has 2 aromatic heterocycles. The number of hydrogen-bond donors (Lipinski definition) is 1. The van der Waals surface area contributed by atoms with Crippen molar-refractivity contribution >= 4 is 0 Å². The van der Waals surface area contributed by atoms with Gasteiger partial charge in [0.05, 0.1) is 12.2 Å². The number of rotatable bonds is 3. The molecule has 0 bridgehead atoms. The van der Waals surface area contributed by atoms with Crippen LogP contribution < -0.4 is 11.2 Å². The van der Waals surface area contributed by atoms with Gasteiger partial charge in [-0.05, 0) is 12.5 Å². The largest absolute Gasteiger partial charge is 0.328 e. The van der Waals surface area contributed by atoms with Crippen molar-refractivity contribution in [1.82, 2.24) is 19.3 Å². The van der Waals surface area contributed by atoms with Gasteiger partial charge in [-0.3, -0.25) is 19.0 Å². The zero-order valence-electron chi connectivity index (χ0n) is 9.80. The molecule has 2 heterocycles. The Morgan fingerprint density at radius 3 is 2.76 bits per heavy atom. The first-order chi connectivity index (χ1) is 8.10. The van der Waals surface area contributed by atoms with Gasteiger partial charge in [-0.1, -0.05) is 6.92 Å². The zero-order valence-corrected chi connectivity index (χ0v) is 9.80. The minimum atomic E-state index is -0.405. The maximum Gasteiger partial charge on any atom is 0.328 e. The Kier molecular flexibility index (Phi) is 2.95. The van der Waals surface area contributed by atoms with Crippen LogP contribution in [0.1, 0.15) is 18.2 Å². The molecular formula is C11H14N4O2. The standard InChI is InChI=1S/C11H14N4O2/c1-3-8-6-15(11(17)12-10(8)16)7-9-4-5-14(2)13-9/h4-6H,3,7H2,1-2H3,(H,12,16,17). The van der Waals surface area contributed by atoms with Crippen molar-refractivity contribution in [2.24, 2.45) is 7.05 Å². The molecule has 1 N–H and O–H groups in total. The fourth-order valence-corrected chi connectivity index (χ4v) is 1.65. The lowest BCUT2D eigenvalue weighted by atomic mass is 10.2. The summed E-state index contributed by atoms with van der Waals surface area (Å²) < 4.78 is 3.13. The second-order valence-electron chi connectivity index (χ2n) is 3.88. The summed E-state index contributed by atoms with van der Waals surface area (Å²) in [4.78, 5) is 25.3. The molecule has 0 aliphatic carbocycles. The van der Waals surface area contributed by atoms with Gasteiger partial charge in [-0.25, -0.2) is 4.79 Å². The highest BCUT2D eigenvalue weighted by molar-refractivity contribution is 5.06. The summed E-state index contributed by atoms with van der Waals surface area (Å²) >= 11 is 0. The van der Waals surface area contributed by atoms with Crippen LogP contribution >= 0.6 is 0 Å². The van der Waals surface area contributed by atoms with Crippen molar-refractivity contribution in [2.45, 2.75) is 19.9 Å². The van der Waals surface area contributed by atoms with Gasteiger partial charge in [0.1, 0.15) is 0 Å². The van der Waals surface area contributed by atoms with E-state index in [0.717, 1.165) is 5.69 Å². The molecule has 0 unspecified atom stereocenters. The number of nitrogens with zero attached hydrogens (tertiary/aromatic N) is 3. The third-order valence-corrected chi connectivity index (χ3v) is 2.57. The lowest BCUT2D eigenvalue weighted by molar-refractivity contribution is 0.667. The Morgan fingerprint density at radius 1 is 1.41 bits per heavy atom. The molecule has 0 aliphatic rings. The van der Waals surface area contributed by atoms with Crippen molar-refractivity contribution in [3.63, 3.8) is 0 Å². The first-order valence-corrected chi connectivity index (χ1v) is 5.41. The molecule has 6 heteroatoms. The summed E-state index contributed by atoms with van der Waals surface area (Å²) in [6, 6.07) is 1.84. The van der Waals surface area contributed by atoms with E-state index < -0.39 is 5.69 Å². The van der Waals surface area contributed by atoms with Crippen LogP contribution in [0.5, 0.6) is 0 Å². The number of aryl methyl sites for hydroxylation is 2. The number of nitrogens with one attached hydrogen (secondary N) is 1. The number of hydrogen-bond acceptors (Lipinski definition) is 3. The molecule has 6 nitrogen and oxygen atoms in total. The van der Waals surface area contributed by atoms with E-state index in [2.05, 4.69) is 10.1 Å². The van der Waals surface area contributed by atoms with E-state index in [0.29, 0.717) is 18.5 Å². The average Bonchev–Trinajstić information content (AvgIpc) is 2.68. The molecule has 0 radical (unpaired) electrons. The summed E-state index contributed by atoms with van der Waals surface area (Å²) in [5.41, 5.74) is 0.664. The molecule has 0 fully saturated rings. The van der Waals surface area contributed by atoms with Gasteiger partial charge in [0.25, 0.3) is 5.56 Å². The molecule has 2 aromatic rings. The Labute approximate surface area is 97.5 Å². The summed E-state index contributed by atoms with van der Waals surface area (Å²) in [6.07, 6.45) is 4.00. The maximum atomic E-state index is 11.6. The first kappa shape index (κ1) is 11.4. The Bertz CT molecular complexity index is 635. The van der Waals surface area contributed by atoms with Crippen LogP contribution in [-0.4, -0.2) is 19.3 Å². The third kappa shape index (κ3) is 2.35. The summed E-state index contributed by atoms with van der Waals surface area (Å²) in [5.74, 6) is 0. The molecule has 0 saturated heterocycles. The van der Waals surface area contributed by atoms with Crippen LogP contribution in [0.25, 0.3) is 0 Å². The van der Waals surface area contributed by atoms with Gasteiger partial charge < -0.3 is 0 Å². The molecular weight excluding hydrogens is 220 g/mol. The molecule has 17 heavy (non-hydrogen) atoms. The Balaban J connectivity index is 2.39. The predicted octanol–water partition coefficient (Wildman–Crippen LogP) is -0.119. The van der Waals surface area contributed by atoms with Crippen LogP contribution in [0.4, 0.5) is 0 Å². The molecule has 0 atom stereocenters. The number of aromatic nitrogens is 4. The minimum absolute atomic E-state index is 0.310. The van der Waals surface area contributed by atoms with Crippen LogP contribution in [-0.2, 0) is 20.0 Å². The summed E-state index contributed by atoms with van der Waals surface area (Å²) in [7, 11) is 1.82. The molecule has 2 rings (SSSR count). The van der Waals surface area contributed by atoms with Gasteiger partial charge in [-0.15, -0.1) is 0 Å². The monoisotopic (exact) mass is 234 g/mol. The fraction of sp³-hybridized carbons (Fsp3) is 0.364. The molecule has 0 aliphatic heterocycles. The fourth-order valence-electron chi connectivity index (χ4n) is 1.65.